The average molecular weight is 425 g/mol. The van der Waals surface area contributed by atoms with Gasteiger partial charge in [-0.15, -0.1) is 0 Å². The molecule has 32 heavy (non-hydrogen) atoms. The third-order valence-electron chi connectivity index (χ3n) is 5.15. The molecule has 1 N–H and O–H groups in total. The lowest BCUT2D eigenvalue weighted by Gasteiger charge is -2.12. The molecular weight excluding hydrogens is 406 g/mol. The van der Waals surface area contributed by atoms with Crippen LogP contribution in [0.25, 0.3) is 22.5 Å². The van der Waals surface area contributed by atoms with Crippen molar-refractivity contribution in [1.82, 2.24) is 14.8 Å². The molecule has 0 aliphatic heterocycles. The lowest BCUT2D eigenvalue weighted by atomic mass is 10.1. The summed E-state index contributed by atoms with van der Waals surface area (Å²) < 4.78 is 13.2. The SMILES string of the molecule is Cc1nn(Cc2ccccc2Oc2ccccc2)c2nc(-c3ccco3)cc(C(=O)O)c12. The van der Waals surface area contributed by atoms with Gasteiger partial charge in [0.05, 0.1) is 29.5 Å². The summed E-state index contributed by atoms with van der Waals surface area (Å²) in [5.41, 5.74) is 2.54. The number of pyridine rings is 1. The van der Waals surface area contributed by atoms with Gasteiger partial charge in [0.15, 0.2) is 11.4 Å². The number of ether oxygens (including phenoxy) is 1. The van der Waals surface area contributed by atoms with Crippen molar-refractivity contribution >= 4 is 17.0 Å². The highest BCUT2D eigenvalue weighted by Gasteiger charge is 2.21. The molecule has 158 valence electrons. The maximum atomic E-state index is 12.0. The summed E-state index contributed by atoms with van der Waals surface area (Å²) in [5, 5.41) is 14.9. The first kappa shape index (κ1) is 19.6. The van der Waals surface area contributed by atoms with Crippen LogP contribution in [0.4, 0.5) is 0 Å². The van der Waals surface area contributed by atoms with Crippen molar-refractivity contribution in [2.45, 2.75) is 13.5 Å². The van der Waals surface area contributed by atoms with Gasteiger partial charge in [-0.2, -0.15) is 5.10 Å². The van der Waals surface area contributed by atoms with Crippen molar-refractivity contribution in [3.63, 3.8) is 0 Å². The van der Waals surface area contributed by atoms with Crippen LogP contribution >= 0.6 is 0 Å². The summed E-state index contributed by atoms with van der Waals surface area (Å²) in [7, 11) is 0. The maximum Gasteiger partial charge on any atom is 0.336 e. The molecule has 0 fully saturated rings. The number of fused-ring (bicyclic) bond motifs is 1. The zero-order chi connectivity index (χ0) is 22.1. The van der Waals surface area contributed by atoms with Gasteiger partial charge in [-0.3, -0.25) is 0 Å². The second-order valence-corrected chi connectivity index (χ2v) is 7.30. The Hall–Kier alpha value is -4.39. The molecule has 7 heteroatoms. The topological polar surface area (TPSA) is 90.4 Å². The number of rotatable bonds is 6. The van der Waals surface area contributed by atoms with Crippen molar-refractivity contribution in [3.8, 4) is 23.0 Å². The van der Waals surface area contributed by atoms with Crippen LogP contribution in [-0.4, -0.2) is 25.8 Å². The third-order valence-corrected chi connectivity index (χ3v) is 5.15. The second-order valence-electron chi connectivity index (χ2n) is 7.30. The van der Waals surface area contributed by atoms with E-state index in [0.29, 0.717) is 40.5 Å². The highest BCUT2D eigenvalue weighted by molar-refractivity contribution is 6.04. The Morgan fingerprint density at radius 1 is 1.06 bits per heavy atom. The molecule has 0 aliphatic rings. The van der Waals surface area contributed by atoms with Crippen LogP contribution in [0.5, 0.6) is 11.5 Å². The smallest absolute Gasteiger partial charge is 0.336 e. The second kappa shape index (κ2) is 8.03. The Morgan fingerprint density at radius 2 is 1.84 bits per heavy atom. The highest BCUT2D eigenvalue weighted by atomic mass is 16.5. The van der Waals surface area contributed by atoms with Gasteiger partial charge >= 0.3 is 5.97 Å². The fraction of sp³-hybridized carbons (Fsp3) is 0.0800. The van der Waals surface area contributed by atoms with Crippen molar-refractivity contribution in [2.24, 2.45) is 0 Å². The lowest BCUT2D eigenvalue weighted by Crippen LogP contribution is -2.06. The molecule has 0 aliphatic carbocycles. The molecule has 7 nitrogen and oxygen atoms in total. The number of hydrogen-bond donors (Lipinski definition) is 1. The van der Waals surface area contributed by atoms with Crippen LogP contribution in [-0.2, 0) is 6.54 Å². The fourth-order valence-electron chi connectivity index (χ4n) is 3.69. The summed E-state index contributed by atoms with van der Waals surface area (Å²) in [5.74, 6) is 0.877. The van der Waals surface area contributed by atoms with Crippen LogP contribution in [0.3, 0.4) is 0 Å². The van der Waals surface area contributed by atoms with E-state index in [-0.39, 0.29) is 5.56 Å². The Kier molecular flexibility index (Phi) is 4.91. The summed E-state index contributed by atoms with van der Waals surface area (Å²) in [6.07, 6.45) is 1.53. The van der Waals surface area contributed by atoms with Gasteiger partial charge in [0.1, 0.15) is 17.2 Å². The van der Waals surface area contributed by atoms with E-state index in [2.05, 4.69) is 5.10 Å². The molecule has 0 saturated heterocycles. The normalized spacial score (nSPS) is 11.0. The Morgan fingerprint density at radius 3 is 2.59 bits per heavy atom. The number of nitrogens with zero attached hydrogens (tertiary/aromatic N) is 3. The number of benzene rings is 2. The first-order valence-electron chi connectivity index (χ1n) is 10.1. The Labute approximate surface area is 183 Å². The summed E-state index contributed by atoms with van der Waals surface area (Å²) in [6, 6.07) is 22.2. The van der Waals surface area contributed by atoms with Crippen LogP contribution in [0.15, 0.2) is 83.5 Å². The quantitative estimate of drug-likeness (QED) is 0.384. The molecule has 0 saturated carbocycles. The largest absolute Gasteiger partial charge is 0.478 e. The first-order chi connectivity index (χ1) is 15.6. The predicted molar refractivity (Wildman–Crippen MR) is 119 cm³/mol. The molecule has 2 aromatic carbocycles. The minimum Gasteiger partial charge on any atom is -0.478 e. The monoisotopic (exact) mass is 425 g/mol. The molecule has 5 aromatic rings. The average Bonchev–Trinajstić information content (AvgIpc) is 3.44. The van der Waals surface area contributed by atoms with Gasteiger partial charge in [0, 0.05) is 5.56 Å². The van der Waals surface area contributed by atoms with Crippen LogP contribution in [0, 0.1) is 6.92 Å². The molecule has 3 heterocycles. The molecule has 0 bridgehead atoms. The van der Waals surface area contributed by atoms with E-state index in [4.69, 9.17) is 14.1 Å². The van der Waals surface area contributed by atoms with Crippen LogP contribution < -0.4 is 4.74 Å². The van der Waals surface area contributed by atoms with Gasteiger partial charge in [0.25, 0.3) is 0 Å². The Bertz CT molecular complexity index is 1410. The van der Waals surface area contributed by atoms with E-state index < -0.39 is 5.97 Å². The standard InChI is InChI=1S/C25H19N3O4/c1-16-23-19(25(29)30)14-20(22-12-7-13-31-22)26-24(23)28(27-16)15-17-8-5-6-11-21(17)32-18-9-3-2-4-10-18/h2-14H,15H2,1H3,(H,29,30). The number of carboxylic acids is 1. The minimum absolute atomic E-state index is 0.138. The summed E-state index contributed by atoms with van der Waals surface area (Å²) >= 11 is 0. The van der Waals surface area contributed by atoms with E-state index >= 15 is 0 Å². The van der Waals surface area contributed by atoms with Crippen molar-refractivity contribution in [2.75, 3.05) is 0 Å². The summed E-state index contributed by atoms with van der Waals surface area (Å²) in [4.78, 5) is 16.7. The summed E-state index contributed by atoms with van der Waals surface area (Å²) in [6.45, 7) is 2.15. The van der Waals surface area contributed by atoms with E-state index in [0.717, 1.165) is 11.3 Å². The highest BCUT2D eigenvalue weighted by Crippen LogP contribution is 2.30. The Balaban J connectivity index is 1.61. The first-order valence-corrected chi connectivity index (χ1v) is 10.1. The molecule has 0 radical (unpaired) electrons. The number of furan rings is 1. The molecule has 0 spiro atoms. The van der Waals surface area contributed by atoms with Crippen molar-refractivity contribution in [1.29, 1.82) is 0 Å². The van der Waals surface area contributed by atoms with Crippen LogP contribution in [0.1, 0.15) is 21.6 Å². The third kappa shape index (κ3) is 3.60. The number of para-hydroxylation sites is 2. The van der Waals surface area contributed by atoms with Crippen molar-refractivity contribution in [3.05, 3.63) is 95.9 Å². The predicted octanol–water partition coefficient (Wildman–Crippen LogP) is 5.54. The van der Waals surface area contributed by atoms with Gasteiger partial charge in [-0.05, 0) is 43.3 Å². The zero-order valence-electron chi connectivity index (χ0n) is 17.2. The molecule has 0 unspecified atom stereocenters. The van der Waals surface area contributed by atoms with Crippen molar-refractivity contribution < 1.29 is 19.1 Å². The zero-order valence-corrected chi connectivity index (χ0v) is 17.2. The van der Waals surface area contributed by atoms with Gasteiger partial charge in [-0.1, -0.05) is 36.4 Å². The number of aromatic carboxylic acids is 1. The molecular formula is C25H19N3O4. The van der Waals surface area contributed by atoms with Gasteiger partial charge in [0.2, 0.25) is 0 Å². The number of carboxylic acid groups (broad SMARTS) is 1. The molecule has 5 rings (SSSR count). The number of carbonyl (C=O) groups is 1. The molecule has 3 aromatic heterocycles. The lowest BCUT2D eigenvalue weighted by molar-refractivity contribution is 0.0699. The minimum atomic E-state index is -1.04. The van der Waals surface area contributed by atoms with Gasteiger partial charge in [-0.25, -0.2) is 14.5 Å². The van der Waals surface area contributed by atoms with E-state index in [9.17, 15) is 9.90 Å². The van der Waals surface area contributed by atoms with Crippen LogP contribution in [0.2, 0.25) is 0 Å². The van der Waals surface area contributed by atoms with E-state index in [1.165, 1.54) is 12.3 Å². The van der Waals surface area contributed by atoms with E-state index in [1.54, 1.807) is 23.7 Å². The van der Waals surface area contributed by atoms with E-state index in [1.807, 2.05) is 54.6 Å². The fourth-order valence-corrected chi connectivity index (χ4v) is 3.69. The maximum absolute atomic E-state index is 12.0. The molecule has 0 amide bonds. The number of aromatic nitrogens is 3. The molecule has 0 atom stereocenters. The number of hydrogen-bond acceptors (Lipinski definition) is 5. The number of aryl methyl sites for hydroxylation is 1. The van der Waals surface area contributed by atoms with Gasteiger partial charge < -0.3 is 14.3 Å².